The molecule has 0 bridgehead atoms. The van der Waals surface area contributed by atoms with Gasteiger partial charge in [0.15, 0.2) is 5.13 Å². The summed E-state index contributed by atoms with van der Waals surface area (Å²) in [5, 5.41) is 4.17. The van der Waals surface area contributed by atoms with E-state index in [-0.39, 0.29) is 16.7 Å². The molecule has 0 aliphatic carbocycles. The lowest BCUT2D eigenvalue weighted by molar-refractivity contribution is 0.0950. The van der Waals surface area contributed by atoms with Crippen LogP contribution < -0.4 is 15.8 Å². The van der Waals surface area contributed by atoms with Gasteiger partial charge in [-0.3, -0.25) is 9.52 Å². The molecule has 7 nitrogen and oxygen atoms in total. The predicted molar refractivity (Wildman–Crippen MR) is 62.0 cm³/mol. The molecule has 0 saturated carbocycles. The second-order valence-corrected chi connectivity index (χ2v) is 5.56. The number of nitrogens with one attached hydrogen (secondary N) is 2. The van der Waals surface area contributed by atoms with E-state index in [1.807, 2.05) is 0 Å². The maximum Gasteiger partial charge on any atom is 0.270 e. The fourth-order valence-corrected chi connectivity index (χ4v) is 2.40. The van der Waals surface area contributed by atoms with E-state index in [1.54, 1.807) is 0 Å². The number of rotatable bonds is 5. The number of thiazole rings is 1. The minimum atomic E-state index is -3.36. The molecule has 0 aromatic carbocycles. The van der Waals surface area contributed by atoms with Gasteiger partial charge in [0.2, 0.25) is 10.0 Å². The van der Waals surface area contributed by atoms with Gasteiger partial charge in [-0.2, -0.15) is 0 Å². The van der Waals surface area contributed by atoms with Gasteiger partial charge < -0.3 is 11.1 Å². The van der Waals surface area contributed by atoms with Gasteiger partial charge in [0.05, 0.1) is 6.26 Å². The van der Waals surface area contributed by atoms with Crippen molar-refractivity contribution in [2.24, 2.45) is 5.73 Å². The zero-order valence-electron chi connectivity index (χ0n) is 8.56. The fourth-order valence-electron chi connectivity index (χ4n) is 0.860. The van der Waals surface area contributed by atoms with E-state index >= 15 is 0 Å². The van der Waals surface area contributed by atoms with E-state index in [4.69, 9.17) is 5.73 Å². The Bertz CT molecular complexity index is 468. The molecule has 0 unspecified atom stereocenters. The molecule has 1 rings (SSSR count). The summed E-state index contributed by atoms with van der Waals surface area (Å²) >= 11 is 1.04. The van der Waals surface area contributed by atoms with Gasteiger partial charge in [-0.05, 0) is 0 Å². The Morgan fingerprint density at radius 3 is 2.88 bits per heavy atom. The van der Waals surface area contributed by atoms with E-state index in [9.17, 15) is 13.2 Å². The van der Waals surface area contributed by atoms with Crippen LogP contribution in [-0.4, -0.2) is 38.7 Å². The van der Waals surface area contributed by atoms with Crippen LogP contribution in [0.5, 0.6) is 0 Å². The van der Waals surface area contributed by atoms with Gasteiger partial charge in [-0.1, -0.05) is 0 Å². The van der Waals surface area contributed by atoms with Gasteiger partial charge >= 0.3 is 0 Å². The van der Waals surface area contributed by atoms with Crippen LogP contribution in [0.3, 0.4) is 0 Å². The average Bonchev–Trinajstić information content (AvgIpc) is 2.59. The predicted octanol–water partition coefficient (Wildman–Crippen LogP) is -0.797. The molecule has 4 N–H and O–H groups in total. The lowest BCUT2D eigenvalue weighted by Crippen LogP contribution is -2.29. The number of nitrogens with zero attached hydrogens (tertiary/aromatic N) is 1. The summed E-state index contributed by atoms with van der Waals surface area (Å²) < 4.78 is 24.0. The minimum Gasteiger partial charge on any atom is -0.349 e. The van der Waals surface area contributed by atoms with Crippen LogP contribution in [-0.2, 0) is 10.0 Å². The summed E-state index contributed by atoms with van der Waals surface area (Å²) in [7, 11) is -3.36. The van der Waals surface area contributed by atoms with Crippen molar-refractivity contribution in [2.75, 3.05) is 24.1 Å². The van der Waals surface area contributed by atoms with Gasteiger partial charge in [0.1, 0.15) is 5.69 Å². The van der Waals surface area contributed by atoms with E-state index in [0.717, 1.165) is 17.6 Å². The Morgan fingerprint density at radius 2 is 2.31 bits per heavy atom. The maximum atomic E-state index is 11.4. The Kier molecular flexibility index (Phi) is 4.21. The Labute approximate surface area is 97.1 Å². The number of anilines is 1. The summed E-state index contributed by atoms with van der Waals surface area (Å²) in [6, 6.07) is 0. The molecule has 0 spiro atoms. The first-order valence-corrected chi connectivity index (χ1v) is 7.11. The smallest absolute Gasteiger partial charge is 0.270 e. The molecule has 0 aliphatic rings. The largest absolute Gasteiger partial charge is 0.349 e. The molecule has 0 radical (unpaired) electrons. The van der Waals surface area contributed by atoms with E-state index in [0.29, 0.717) is 13.1 Å². The Balaban J connectivity index is 2.68. The zero-order chi connectivity index (χ0) is 12.2. The molecule has 1 aromatic rings. The van der Waals surface area contributed by atoms with Gasteiger partial charge in [0, 0.05) is 18.5 Å². The molecule has 16 heavy (non-hydrogen) atoms. The number of amides is 1. The average molecular weight is 264 g/mol. The van der Waals surface area contributed by atoms with Crippen LogP contribution in [0.15, 0.2) is 5.38 Å². The lowest BCUT2D eigenvalue weighted by Gasteiger charge is -1.99. The van der Waals surface area contributed by atoms with Crippen molar-refractivity contribution in [2.45, 2.75) is 0 Å². The monoisotopic (exact) mass is 264 g/mol. The van der Waals surface area contributed by atoms with Crippen LogP contribution in [0.4, 0.5) is 5.13 Å². The van der Waals surface area contributed by atoms with Crippen molar-refractivity contribution in [1.29, 1.82) is 0 Å². The van der Waals surface area contributed by atoms with Crippen molar-refractivity contribution in [3.63, 3.8) is 0 Å². The molecule has 90 valence electrons. The Hall–Kier alpha value is -1.19. The summed E-state index contributed by atoms with van der Waals surface area (Å²) in [6.07, 6.45) is 1.02. The number of nitrogens with two attached hydrogens (primary N) is 1. The lowest BCUT2D eigenvalue weighted by atomic mass is 10.4. The van der Waals surface area contributed by atoms with Crippen molar-refractivity contribution in [3.05, 3.63) is 11.1 Å². The summed E-state index contributed by atoms with van der Waals surface area (Å²) in [4.78, 5) is 15.2. The van der Waals surface area contributed by atoms with Crippen LogP contribution in [0.2, 0.25) is 0 Å². The first kappa shape index (κ1) is 12.9. The topological polar surface area (TPSA) is 114 Å². The standard InChI is InChI=1S/C7H12N4O3S2/c1-16(13,14)11-7-10-5(4-15-7)6(12)9-3-2-8/h4H,2-3,8H2,1H3,(H,9,12)(H,10,11). The SMILES string of the molecule is CS(=O)(=O)Nc1nc(C(=O)NCCN)cs1. The second kappa shape index (κ2) is 5.23. The number of carbonyl (C=O) groups is 1. The van der Waals surface area contributed by atoms with E-state index in [2.05, 4.69) is 15.0 Å². The molecule has 1 heterocycles. The number of hydrogen-bond donors (Lipinski definition) is 3. The van der Waals surface area contributed by atoms with Crippen LogP contribution >= 0.6 is 11.3 Å². The molecule has 0 saturated heterocycles. The highest BCUT2D eigenvalue weighted by Gasteiger charge is 2.11. The summed E-state index contributed by atoms with van der Waals surface area (Å²) in [5.41, 5.74) is 5.39. The molecule has 1 amide bonds. The van der Waals surface area contributed by atoms with Crippen LogP contribution in [0.1, 0.15) is 10.5 Å². The fraction of sp³-hybridized carbons (Fsp3) is 0.429. The third-order valence-corrected chi connectivity index (χ3v) is 2.89. The normalized spacial score (nSPS) is 11.1. The van der Waals surface area contributed by atoms with Crippen molar-refractivity contribution >= 4 is 32.4 Å². The van der Waals surface area contributed by atoms with Gasteiger partial charge in [0.25, 0.3) is 5.91 Å². The first-order valence-electron chi connectivity index (χ1n) is 4.34. The number of aromatic nitrogens is 1. The number of carbonyl (C=O) groups excluding carboxylic acids is 1. The quantitative estimate of drug-likeness (QED) is 0.644. The van der Waals surface area contributed by atoms with Crippen molar-refractivity contribution < 1.29 is 13.2 Å². The molecule has 9 heteroatoms. The van der Waals surface area contributed by atoms with Crippen LogP contribution in [0, 0.1) is 0 Å². The van der Waals surface area contributed by atoms with Gasteiger partial charge in [-0.25, -0.2) is 13.4 Å². The highest BCUT2D eigenvalue weighted by molar-refractivity contribution is 7.92. The molecular weight excluding hydrogens is 252 g/mol. The highest BCUT2D eigenvalue weighted by atomic mass is 32.2. The van der Waals surface area contributed by atoms with Crippen LogP contribution in [0.25, 0.3) is 0 Å². The second-order valence-electron chi connectivity index (χ2n) is 2.96. The summed E-state index contributed by atoms with van der Waals surface area (Å²) in [6.45, 7) is 0.690. The molecule has 0 aliphatic heterocycles. The maximum absolute atomic E-state index is 11.4. The molecule has 0 fully saturated rings. The minimum absolute atomic E-state index is 0.167. The van der Waals surface area contributed by atoms with Crippen molar-refractivity contribution in [1.82, 2.24) is 10.3 Å². The van der Waals surface area contributed by atoms with Gasteiger partial charge in [-0.15, -0.1) is 11.3 Å². The first-order chi connectivity index (χ1) is 7.42. The number of sulfonamides is 1. The van der Waals surface area contributed by atoms with E-state index in [1.165, 1.54) is 5.38 Å². The molecule has 0 atom stereocenters. The molecular formula is C7H12N4O3S2. The third-order valence-electron chi connectivity index (χ3n) is 1.44. The Morgan fingerprint density at radius 1 is 1.62 bits per heavy atom. The van der Waals surface area contributed by atoms with E-state index < -0.39 is 10.0 Å². The highest BCUT2D eigenvalue weighted by Crippen LogP contribution is 2.16. The zero-order valence-corrected chi connectivity index (χ0v) is 10.2. The third kappa shape index (κ3) is 4.13. The summed E-state index contributed by atoms with van der Waals surface area (Å²) in [5.74, 6) is -0.372. The molecule has 1 aromatic heterocycles. The number of hydrogen-bond acceptors (Lipinski definition) is 6. The van der Waals surface area contributed by atoms with Crippen molar-refractivity contribution in [3.8, 4) is 0 Å².